The van der Waals surface area contributed by atoms with Gasteiger partial charge in [-0.2, -0.15) is 0 Å². The molecule has 0 radical (unpaired) electrons. The van der Waals surface area contributed by atoms with Crippen LogP contribution < -0.4 is 10.2 Å². The quantitative estimate of drug-likeness (QED) is 0.387. The minimum Gasteiger partial charge on any atom is -0.383 e. The van der Waals surface area contributed by atoms with Crippen LogP contribution in [-0.2, 0) is 20.9 Å². The van der Waals surface area contributed by atoms with Crippen molar-refractivity contribution in [3.63, 3.8) is 0 Å². The summed E-state index contributed by atoms with van der Waals surface area (Å²) < 4.78 is 20.2. The molecule has 0 spiro atoms. The Balaban J connectivity index is 1.75. The number of benzene rings is 3. The molecule has 3 aromatic carbocycles. The number of para-hydroxylation sites is 1. The van der Waals surface area contributed by atoms with Crippen LogP contribution in [0.4, 0.5) is 10.1 Å². The second-order valence-electron chi connectivity index (χ2n) is 7.57. The van der Waals surface area contributed by atoms with Gasteiger partial charge in [0.1, 0.15) is 23.9 Å². The Morgan fingerprint density at radius 1 is 1.03 bits per heavy atom. The maximum atomic E-state index is 13.7. The van der Waals surface area contributed by atoms with E-state index in [1.165, 1.54) is 41.0 Å². The number of amides is 2. The van der Waals surface area contributed by atoms with Gasteiger partial charge in [0.2, 0.25) is 11.8 Å². The highest BCUT2D eigenvalue weighted by Gasteiger charge is 2.33. The van der Waals surface area contributed by atoms with Crippen molar-refractivity contribution in [2.24, 2.45) is 0 Å². The number of rotatable bonds is 9. The molecular formula is C25H24FN5O3. The van der Waals surface area contributed by atoms with Gasteiger partial charge < -0.3 is 10.1 Å². The Labute approximate surface area is 195 Å². The van der Waals surface area contributed by atoms with E-state index in [1.807, 2.05) is 24.3 Å². The lowest BCUT2D eigenvalue weighted by molar-refractivity contribution is -0.127. The summed E-state index contributed by atoms with van der Waals surface area (Å²) in [5.74, 6) is -1.23. The number of nitrogens with one attached hydrogen (secondary N) is 1. The van der Waals surface area contributed by atoms with Crippen molar-refractivity contribution in [2.45, 2.75) is 12.6 Å². The van der Waals surface area contributed by atoms with Crippen LogP contribution in [0, 0.1) is 5.82 Å². The number of halogens is 1. The van der Waals surface area contributed by atoms with E-state index in [-0.39, 0.29) is 19.0 Å². The summed E-state index contributed by atoms with van der Waals surface area (Å²) in [5.41, 5.74) is 2.33. The fraction of sp³-hybridized carbons (Fsp3) is 0.200. The van der Waals surface area contributed by atoms with Crippen molar-refractivity contribution in [1.29, 1.82) is 0 Å². The smallest absolute Gasteiger partial charge is 0.249 e. The topological polar surface area (TPSA) is 89.4 Å². The Morgan fingerprint density at radius 2 is 1.74 bits per heavy atom. The maximum absolute atomic E-state index is 13.7. The van der Waals surface area contributed by atoms with Crippen molar-refractivity contribution >= 4 is 28.5 Å². The summed E-state index contributed by atoms with van der Waals surface area (Å²) in [5, 5.41) is 11.0. The number of hydrogen-bond acceptors (Lipinski definition) is 5. The van der Waals surface area contributed by atoms with Crippen LogP contribution in [0.1, 0.15) is 11.6 Å². The van der Waals surface area contributed by atoms with Crippen LogP contribution in [0.3, 0.4) is 0 Å². The normalized spacial score (nSPS) is 11.8. The first-order valence-electron chi connectivity index (χ1n) is 10.8. The van der Waals surface area contributed by atoms with E-state index in [4.69, 9.17) is 4.74 Å². The fourth-order valence-electron chi connectivity index (χ4n) is 3.70. The molecule has 0 saturated heterocycles. The third-order valence-electron chi connectivity index (χ3n) is 5.31. The molecule has 8 nitrogen and oxygen atoms in total. The third kappa shape index (κ3) is 5.10. The predicted molar refractivity (Wildman–Crippen MR) is 125 cm³/mol. The van der Waals surface area contributed by atoms with Gasteiger partial charge in [0.25, 0.3) is 0 Å². The first kappa shape index (κ1) is 23.1. The highest BCUT2D eigenvalue weighted by molar-refractivity contribution is 6.01. The van der Waals surface area contributed by atoms with Gasteiger partial charge in [-0.1, -0.05) is 47.7 Å². The SMILES string of the molecule is COCCNC(=O)[C@@H](c1ccccc1)N(C(=O)Cn1nnc2ccccc21)c1ccc(F)cc1. The second-order valence-corrected chi connectivity index (χ2v) is 7.57. The van der Waals surface area contributed by atoms with Crippen molar-refractivity contribution in [3.05, 3.63) is 90.2 Å². The number of methoxy groups -OCH3 is 1. The van der Waals surface area contributed by atoms with Gasteiger partial charge in [0, 0.05) is 19.3 Å². The molecule has 0 bridgehead atoms. The number of carbonyl (C=O) groups is 2. The Kier molecular flexibility index (Phi) is 7.24. The molecule has 174 valence electrons. The molecule has 1 atom stereocenters. The van der Waals surface area contributed by atoms with Crippen molar-refractivity contribution < 1.29 is 18.7 Å². The molecule has 34 heavy (non-hydrogen) atoms. The lowest BCUT2D eigenvalue weighted by Crippen LogP contribution is -2.46. The zero-order valence-corrected chi connectivity index (χ0v) is 18.6. The van der Waals surface area contributed by atoms with Crippen LogP contribution in [0.5, 0.6) is 0 Å². The number of anilines is 1. The van der Waals surface area contributed by atoms with Gasteiger partial charge in [-0.25, -0.2) is 9.07 Å². The van der Waals surface area contributed by atoms with Gasteiger partial charge >= 0.3 is 0 Å². The van der Waals surface area contributed by atoms with E-state index in [0.29, 0.717) is 28.9 Å². The van der Waals surface area contributed by atoms with Crippen LogP contribution in [0.15, 0.2) is 78.9 Å². The monoisotopic (exact) mass is 461 g/mol. The van der Waals surface area contributed by atoms with Crippen LogP contribution in [-0.4, -0.2) is 47.1 Å². The molecule has 2 amide bonds. The highest BCUT2D eigenvalue weighted by Crippen LogP contribution is 2.29. The van der Waals surface area contributed by atoms with Crippen LogP contribution >= 0.6 is 0 Å². The van der Waals surface area contributed by atoms with Crippen molar-refractivity contribution in [1.82, 2.24) is 20.3 Å². The Hall–Kier alpha value is -4.11. The molecule has 1 heterocycles. The Bertz CT molecular complexity index is 1260. The number of nitrogens with zero attached hydrogens (tertiary/aromatic N) is 4. The van der Waals surface area contributed by atoms with Gasteiger partial charge in [0.05, 0.1) is 12.1 Å². The zero-order valence-electron chi connectivity index (χ0n) is 18.6. The molecule has 0 saturated carbocycles. The van der Waals surface area contributed by atoms with Crippen molar-refractivity contribution in [2.75, 3.05) is 25.2 Å². The summed E-state index contributed by atoms with van der Waals surface area (Å²) in [6.45, 7) is 0.438. The van der Waals surface area contributed by atoms with E-state index in [0.717, 1.165) is 0 Å². The number of carbonyl (C=O) groups excluding carboxylic acids is 2. The molecule has 9 heteroatoms. The summed E-state index contributed by atoms with van der Waals surface area (Å²) in [6, 6.07) is 20.7. The maximum Gasteiger partial charge on any atom is 0.249 e. The molecule has 0 aliphatic rings. The summed E-state index contributed by atoms with van der Waals surface area (Å²) in [4.78, 5) is 28.4. The van der Waals surface area contributed by atoms with Gasteiger partial charge in [-0.05, 0) is 42.0 Å². The van der Waals surface area contributed by atoms with Gasteiger partial charge in [-0.3, -0.25) is 14.5 Å². The number of aromatic nitrogens is 3. The minimum absolute atomic E-state index is 0.160. The average molecular weight is 461 g/mol. The van der Waals surface area contributed by atoms with Gasteiger partial charge in [-0.15, -0.1) is 5.10 Å². The largest absolute Gasteiger partial charge is 0.383 e. The summed E-state index contributed by atoms with van der Waals surface area (Å²) >= 11 is 0. The van der Waals surface area contributed by atoms with Crippen LogP contribution in [0.25, 0.3) is 11.0 Å². The predicted octanol–water partition coefficient (Wildman–Crippen LogP) is 3.11. The number of hydrogen-bond donors (Lipinski definition) is 1. The van der Waals surface area contributed by atoms with E-state index in [1.54, 1.807) is 30.3 Å². The lowest BCUT2D eigenvalue weighted by atomic mass is 10.0. The lowest BCUT2D eigenvalue weighted by Gasteiger charge is -2.31. The summed E-state index contributed by atoms with van der Waals surface area (Å²) in [6.07, 6.45) is 0. The van der Waals surface area contributed by atoms with E-state index in [2.05, 4.69) is 15.6 Å². The first-order valence-corrected chi connectivity index (χ1v) is 10.8. The molecule has 1 N–H and O–H groups in total. The fourth-order valence-corrected chi connectivity index (χ4v) is 3.70. The first-order chi connectivity index (χ1) is 16.6. The van der Waals surface area contributed by atoms with Crippen molar-refractivity contribution in [3.8, 4) is 0 Å². The molecule has 4 aromatic rings. The van der Waals surface area contributed by atoms with Crippen LogP contribution in [0.2, 0.25) is 0 Å². The minimum atomic E-state index is -0.995. The average Bonchev–Trinajstić information content (AvgIpc) is 3.26. The second kappa shape index (κ2) is 10.7. The van der Waals surface area contributed by atoms with E-state index in [9.17, 15) is 14.0 Å². The third-order valence-corrected chi connectivity index (χ3v) is 5.31. The molecular weight excluding hydrogens is 437 g/mol. The molecule has 0 unspecified atom stereocenters. The number of fused-ring (bicyclic) bond motifs is 1. The molecule has 0 fully saturated rings. The summed E-state index contributed by atoms with van der Waals surface area (Å²) in [7, 11) is 1.54. The molecule has 4 rings (SSSR count). The van der Waals surface area contributed by atoms with E-state index >= 15 is 0 Å². The molecule has 1 aromatic heterocycles. The number of ether oxygens (including phenoxy) is 1. The van der Waals surface area contributed by atoms with E-state index < -0.39 is 17.8 Å². The molecule has 0 aliphatic heterocycles. The Morgan fingerprint density at radius 3 is 2.47 bits per heavy atom. The standard InChI is InChI=1S/C25H24FN5O3/c1-34-16-15-27-25(33)24(18-7-3-2-4-8-18)31(20-13-11-19(26)12-14-20)23(32)17-30-22-10-6-5-9-21(22)28-29-30/h2-14,24H,15-17H2,1H3,(H,27,33)/t24-/m1/s1. The molecule has 0 aliphatic carbocycles. The van der Waals surface area contributed by atoms with Gasteiger partial charge in [0.15, 0.2) is 0 Å². The highest BCUT2D eigenvalue weighted by atomic mass is 19.1. The zero-order chi connectivity index (χ0) is 23.9.